The minimum Gasteiger partial charge on any atom is -0.308 e. The van der Waals surface area contributed by atoms with Gasteiger partial charge in [0.1, 0.15) is 0 Å². The Balaban J connectivity index is 1.71. The number of aromatic nitrogens is 3. The highest BCUT2D eigenvalue weighted by Gasteiger charge is 2.20. The maximum atomic E-state index is 4.08. The SMILES string of the molecule is CC(C)N1CCC(NCc2cn(C)nn2)CC1. The minimum atomic E-state index is 0.631. The standard InChI is InChI=1S/C12H23N5/c1-10(2)17-6-4-11(5-7-17)13-8-12-9-16(3)15-14-12/h9-11,13H,4-8H2,1-3H3. The van der Waals surface area contributed by atoms with E-state index in [1.807, 2.05) is 13.2 Å². The molecule has 1 N–H and O–H groups in total. The zero-order valence-corrected chi connectivity index (χ0v) is 11.1. The fourth-order valence-electron chi connectivity index (χ4n) is 2.35. The topological polar surface area (TPSA) is 46.0 Å². The molecular weight excluding hydrogens is 214 g/mol. The second-order valence-corrected chi connectivity index (χ2v) is 5.17. The molecule has 0 spiro atoms. The molecule has 96 valence electrons. The normalized spacial score (nSPS) is 19.1. The minimum absolute atomic E-state index is 0.631. The molecule has 0 aromatic carbocycles. The predicted octanol–water partition coefficient (Wildman–Crippen LogP) is 0.777. The molecule has 1 aromatic rings. The van der Waals surface area contributed by atoms with E-state index in [4.69, 9.17) is 0 Å². The number of hydrogen-bond acceptors (Lipinski definition) is 4. The van der Waals surface area contributed by atoms with E-state index in [2.05, 4.69) is 34.4 Å². The van der Waals surface area contributed by atoms with Crippen LogP contribution in [0.1, 0.15) is 32.4 Å². The van der Waals surface area contributed by atoms with Crippen LogP contribution in [0.3, 0.4) is 0 Å². The lowest BCUT2D eigenvalue weighted by atomic mass is 10.0. The Morgan fingerprint density at radius 3 is 2.65 bits per heavy atom. The van der Waals surface area contributed by atoms with Crippen LogP contribution in [0.5, 0.6) is 0 Å². The van der Waals surface area contributed by atoms with E-state index in [0.717, 1.165) is 12.2 Å². The van der Waals surface area contributed by atoms with Crippen LogP contribution >= 0.6 is 0 Å². The van der Waals surface area contributed by atoms with Crippen molar-refractivity contribution in [2.45, 2.75) is 45.3 Å². The Hall–Kier alpha value is -0.940. The number of aryl methyl sites for hydroxylation is 1. The van der Waals surface area contributed by atoms with E-state index in [9.17, 15) is 0 Å². The third-order valence-corrected chi connectivity index (χ3v) is 3.48. The number of likely N-dealkylation sites (tertiary alicyclic amines) is 1. The summed E-state index contributed by atoms with van der Waals surface area (Å²) >= 11 is 0. The van der Waals surface area contributed by atoms with Gasteiger partial charge in [-0.1, -0.05) is 5.21 Å². The van der Waals surface area contributed by atoms with Gasteiger partial charge < -0.3 is 10.2 Å². The number of nitrogens with zero attached hydrogens (tertiary/aromatic N) is 4. The molecule has 1 aliphatic heterocycles. The van der Waals surface area contributed by atoms with Crippen molar-refractivity contribution in [1.29, 1.82) is 0 Å². The molecule has 0 radical (unpaired) electrons. The van der Waals surface area contributed by atoms with Gasteiger partial charge >= 0.3 is 0 Å². The van der Waals surface area contributed by atoms with E-state index in [0.29, 0.717) is 12.1 Å². The second-order valence-electron chi connectivity index (χ2n) is 5.17. The average molecular weight is 237 g/mol. The van der Waals surface area contributed by atoms with Gasteiger partial charge in [0, 0.05) is 31.9 Å². The van der Waals surface area contributed by atoms with E-state index >= 15 is 0 Å². The zero-order chi connectivity index (χ0) is 12.3. The highest BCUT2D eigenvalue weighted by Crippen LogP contribution is 2.13. The Bertz CT molecular complexity index is 338. The molecule has 1 aliphatic rings. The van der Waals surface area contributed by atoms with Gasteiger partial charge in [-0.2, -0.15) is 0 Å². The third kappa shape index (κ3) is 3.51. The van der Waals surface area contributed by atoms with Crippen molar-refractivity contribution in [3.05, 3.63) is 11.9 Å². The Labute approximate surface area is 103 Å². The molecule has 1 saturated heterocycles. The predicted molar refractivity (Wildman–Crippen MR) is 67.6 cm³/mol. The number of rotatable bonds is 4. The lowest BCUT2D eigenvalue weighted by Gasteiger charge is -2.34. The summed E-state index contributed by atoms with van der Waals surface area (Å²) in [6.07, 6.45) is 4.44. The van der Waals surface area contributed by atoms with Crippen molar-refractivity contribution in [3.8, 4) is 0 Å². The van der Waals surface area contributed by atoms with E-state index in [1.54, 1.807) is 4.68 Å². The summed E-state index contributed by atoms with van der Waals surface area (Å²) in [7, 11) is 1.90. The zero-order valence-electron chi connectivity index (χ0n) is 11.1. The summed E-state index contributed by atoms with van der Waals surface area (Å²) in [6, 6.07) is 1.31. The second kappa shape index (κ2) is 5.60. The molecular formula is C12H23N5. The molecule has 1 aromatic heterocycles. The van der Waals surface area contributed by atoms with Gasteiger partial charge in [-0.15, -0.1) is 5.10 Å². The van der Waals surface area contributed by atoms with Crippen LogP contribution in [0, 0.1) is 0 Å². The van der Waals surface area contributed by atoms with Gasteiger partial charge in [0.2, 0.25) is 0 Å². The molecule has 0 bridgehead atoms. The van der Waals surface area contributed by atoms with Crippen molar-refractivity contribution < 1.29 is 0 Å². The van der Waals surface area contributed by atoms with E-state index in [1.165, 1.54) is 25.9 Å². The van der Waals surface area contributed by atoms with Crippen molar-refractivity contribution >= 4 is 0 Å². The molecule has 17 heavy (non-hydrogen) atoms. The summed E-state index contributed by atoms with van der Waals surface area (Å²) < 4.78 is 1.75. The molecule has 0 aliphatic carbocycles. The quantitative estimate of drug-likeness (QED) is 0.840. The Morgan fingerprint density at radius 2 is 2.12 bits per heavy atom. The van der Waals surface area contributed by atoms with E-state index < -0.39 is 0 Å². The number of hydrogen-bond donors (Lipinski definition) is 1. The fourth-order valence-corrected chi connectivity index (χ4v) is 2.35. The molecule has 0 saturated carbocycles. The molecule has 2 rings (SSSR count). The molecule has 0 atom stereocenters. The van der Waals surface area contributed by atoms with Gasteiger partial charge in [0.25, 0.3) is 0 Å². The summed E-state index contributed by atoms with van der Waals surface area (Å²) in [5.74, 6) is 0. The first-order valence-corrected chi connectivity index (χ1v) is 6.48. The largest absolute Gasteiger partial charge is 0.308 e. The van der Waals surface area contributed by atoms with Crippen molar-refractivity contribution in [2.75, 3.05) is 13.1 Å². The smallest absolute Gasteiger partial charge is 0.0964 e. The molecule has 0 unspecified atom stereocenters. The summed E-state index contributed by atoms with van der Waals surface area (Å²) in [6.45, 7) is 7.78. The van der Waals surface area contributed by atoms with Crippen LogP contribution < -0.4 is 5.32 Å². The average Bonchev–Trinajstić information content (AvgIpc) is 2.73. The summed E-state index contributed by atoms with van der Waals surface area (Å²) in [5, 5.41) is 11.6. The van der Waals surface area contributed by atoms with Crippen LogP contribution in [-0.2, 0) is 13.6 Å². The molecule has 5 nitrogen and oxygen atoms in total. The van der Waals surface area contributed by atoms with Gasteiger partial charge in [-0.3, -0.25) is 4.68 Å². The van der Waals surface area contributed by atoms with Crippen LogP contribution in [0.25, 0.3) is 0 Å². The lowest BCUT2D eigenvalue weighted by molar-refractivity contribution is 0.160. The maximum absolute atomic E-state index is 4.08. The highest BCUT2D eigenvalue weighted by atomic mass is 15.4. The number of nitrogens with one attached hydrogen (secondary N) is 1. The molecule has 2 heterocycles. The van der Waals surface area contributed by atoms with Crippen molar-refractivity contribution in [3.63, 3.8) is 0 Å². The first-order chi connectivity index (χ1) is 8.15. The first-order valence-electron chi connectivity index (χ1n) is 6.48. The Morgan fingerprint density at radius 1 is 1.41 bits per heavy atom. The molecule has 0 amide bonds. The third-order valence-electron chi connectivity index (χ3n) is 3.48. The maximum Gasteiger partial charge on any atom is 0.0964 e. The highest BCUT2D eigenvalue weighted by molar-refractivity contribution is 4.92. The Kier molecular flexibility index (Phi) is 4.12. The molecule has 5 heteroatoms. The van der Waals surface area contributed by atoms with Crippen LogP contribution in [0.4, 0.5) is 0 Å². The summed E-state index contributed by atoms with van der Waals surface area (Å²) in [5.41, 5.74) is 1.03. The van der Waals surface area contributed by atoms with Crippen LogP contribution in [-0.4, -0.2) is 45.1 Å². The van der Waals surface area contributed by atoms with Gasteiger partial charge in [0.05, 0.1) is 5.69 Å². The lowest BCUT2D eigenvalue weighted by Crippen LogP contribution is -2.44. The van der Waals surface area contributed by atoms with Gasteiger partial charge in [-0.25, -0.2) is 0 Å². The van der Waals surface area contributed by atoms with E-state index in [-0.39, 0.29) is 0 Å². The molecule has 1 fully saturated rings. The van der Waals surface area contributed by atoms with Crippen LogP contribution in [0.15, 0.2) is 6.20 Å². The monoisotopic (exact) mass is 237 g/mol. The van der Waals surface area contributed by atoms with Crippen LogP contribution in [0.2, 0.25) is 0 Å². The fraction of sp³-hybridized carbons (Fsp3) is 0.833. The number of piperidine rings is 1. The first kappa shape index (κ1) is 12.5. The van der Waals surface area contributed by atoms with Crippen molar-refractivity contribution in [1.82, 2.24) is 25.2 Å². The van der Waals surface area contributed by atoms with Gasteiger partial charge in [-0.05, 0) is 39.8 Å². The van der Waals surface area contributed by atoms with Crippen molar-refractivity contribution in [2.24, 2.45) is 7.05 Å². The van der Waals surface area contributed by atoms with Gasteiger partial charge in [0.15, 0.2) is 0 Å². The summed E-state index contributed by atoms with van der Waals surface area (Å²) in [4.78, 5) is 2.54.